The Morgan fingerprint density at radius 1 is 0.883 bits per heavy atom. The van der Waals surface area contributed by atoms with E-state index in [-0.39, 0.29) is 78.1 Å². The lowest BCUT2D eigenvalue weighted by molar-refractivity contribution is -0.377. The van der Waals surface area contributed by atoms with Gasteiger partial charge in [-0.1, -0.05) is 46.8 Å². The van der Waals surface area contributed by atoms with Crippen LogP contribution in [0.1, 0.15) is 134 Å². The predicted octanol–water partition coefficient (Wildman–Crippen LogP) is 7.10. The first-order chi connectivity index (χ1) is 28.0. The van der Waals surface area contributed by atoms with Crippen LogP contribution in [0.4, 0.5) is 0 Å². The number of hydrogen-bond acceptors (Lipinski definition) is 12. The molecule has 60 heavy (non-hydrogen) atoms. The van der Waals surface area contributed by atoms with E-state index < -0.39 is 47.1 Å². The molecule has 13 heteroatoms. The van der Waals surface area contributed by atoms with Crippen molar-refractivity contribution in [1.82, 2.24) is 0 Å². The Kier molecular flexibility index (Phi) is 14.6. The molecule has 19 atom stereocenters. The molecular weight excluding hydrogens is 773 g/mol. The fourth-order valence-corrected chi connectivity index (χ4v) is 11.3. The number of ketones is 1. The standard InChI is InChI=1S/C47H76O13/c1-25(40(49)26(2)20-29(5)43(50)51)19-27(3)41-32(8)35(48)23-46(59-41)18-17-44(10,60-46)38-15-13-34(24-54-39-16-14-36(53-12)33(9)55-39)47(57-38)31(7)22-37(56-47)42-28(4)21-30(6)45(11,52)58-42/h19-20,27-39,41-42,48,52H,13-18,21-24H2,1-12H3,(H,50,51)/b25-19+,26-20+/t27-,28-,29-,30+,31-,32+,33+,34-,35-,36-,37+,38+,39+,41+,42-,44-,45-,46?,47?/m0/s1. The number of carboxylic acid groups (broad SMARTS) is 1. The Morgan fingerprint density at radius 2 is 1.58 bits per heavy atom. The zero-order chi connectivity index (χ0) is 44.1. The normalized spacial score (nSPS) is 47.7. The maximum atomic E-state index is 13.2. The number of methoxy groups -OCH3 is 1. The molecule has 13 nitrogen and oxygen atoms in total. The van der Waals surface area contributed by atoms with Crippen LogP contribution in [-0.4, -0.2) is 113 Å². The summed E-state index contributed by atoms with van der Waals surface area (Å²) in [6.07, 6.45) is 6.94. The molecule has 0 aliphatic carbocycles. The highest BCUT2D eigenvalue weighted by Crippen LogP contribution is 2.56. The Balaban J connectivity index is 1.20. The van der Waals surface area contributed by atoms with Gasteiger partial charge in [0.15, 0.2) is 29.4 Å². The Labute approximate surface area is 358 Å². The van der Waals surface area contributed by atoms with Gasteiger partial charge in [0.1, 0.15) is 0 Å². The van der Waals surface area contributed by atoms with Crippen molar-refractivity contribution in [2.75, 3.05) is 13.7 Å². The first-order valence-electron chi connectivity index (χ1n) is 22.8. The molecule has 6 saturated heterocycles. The van der Waals surface area contributed by atoms with E-state index in [1.807, 2.05) is 33.8 Å². The van der Waals surface area contributed by atoms with Gasteiger partial charge in [-0.25, -0.2) is 0 Å². The van der Waals surface area contributed by atoms with Crippen molar-refractivity contribution in [3.8, 4) is 0 Å². The molecule has 6 heterocycles. The molecule has 342 valence electrons. The van der Waals surface area contributed by atoms with Crippen LogP contribution >= 0.6 is 0 Å². The Hall–Kier alpha value is -1.78. The number of rotatable bonds is 12. The average Bonchev–Trinajstić information content (AvgIpc) is 3.69. The van der Waals surface area contributed by atoms with Crippen LogP contribution in [0.15, 0.2) is 23.3 Å². The molecule has 2 spiro atoms. The lowest BCUT2D eigenvalue weighted by Crippen LogP contribution is -2.60. The van der Waals surface area contributed by atoms with E-state index >= 15 is 0 Å². The SMILES string of the molecule is CO[C@H]1CC[C@H](OC[C@@H]2CC[C@H]([C@]3(C)CCC4(C[C@H](O)[C@@H](C)[C@@H]([C@@H](C)/C=C(\C)C(=O)/C(C)=C/[C@H](C)C(=O)O)O4)O3)OC23O[C@@H]([C@H]2O[C@](C)(O)[C@H](C)C[C@@H]2C)C[C@@H]3C)O[C@@H]1C. The molecule has 2 unspecified atom stereocenters. The second-order valence-corrected chi connectivity index (χ2v) is 20.2. The van der Waals surface area contributed by atoms with Gasteiger partial charge in [-0.15, -0.1) is 0 Å². The fraction of sp³-hybridized carbons (Fsp3) is 0.872. The van der Waals surface area contributed by atoms with Gasteiger partial charge in [-0.05, 0) is 97.1 Å². The number of aliphatic hydroxyl groups is 2. The van der Waals surface area contributed by atoms with Gasteiger partial charge in [0.2, 0.25) is 0 Å². The summed E-state index contributed by atoms with van der Waals surface area (Å²) in [4.78, 5) is 24.6. The van der Waals surface area contributed by atoms with Gasteiger partial charge in [0.05, 0.1) is 60.9 Å². The third kappa shape index (κ3) is 9.66. The van der Waals surface area contributed by atoms with Crippen molar-refractivity contribution in [2.45, 2.75) is 206 Å². The molecule has 3 N–H and O–H groups in total. The van der Waals surface area contributed by atoms with Crippen LogP contribution in [0.2, 0.25) is 0 Å². The van der Waals surface area contributed by atoms with E-state index in [0.717, 1.165) is 25.7 Å². The van der Waals surface area contributed by atoms with Gasteiger partial charge in [0, 0.05) is 56.0 Å². The van der Waals surface area contributed by atoms with E-state index in [4.69, 9.17) is 37.9 Å². The minimum absolute atomic E-state index is 0.00952. The smallest absolute Gasteiger partial charge is 0.310 e. The highest BCUT2D eigenvalue weighted by atomic mass is 16.8. The topological polar surface area (TPSA) is 169 Å². The lowest BCUT2D eigenvalue weighted by atomic mass is 9.77. The Bertz CT molecular complexity index is 1600. The third-order valence-electron chi connectivity index (χ3n) is 15.3. The summed E-state index contributed by atoms with van der Waals surface area (Å²) in [5, 5.41) is 32.1. The average molecular weight is 849 g/mol. The largest absolute Gasteiger partial charge is 0.481 e. The first-order valence-corrected chi connectivity index (χ1v) is 22.8. The monoisotopic (exact) mass is 849 g/mol. The van der Waals surface area contributed by atoms with Crippen molar-refractivity contribution in [1.29, 1.82) is 0 Å². The molecule has 6 rings (SSSR count). The van der Waals surface area contributed by atoms with Crippen molar-refractivity contribution >= 4 is 11.8 Å². The van der Waals surface area contributed by atoms with Gasteiger partial charge < -0.3 is 53.2 Å². The summed E-state index contributed by atoms with van der Waals surface area (Å²) in [7, 11) is 1.72. The van der Waals surface area contributed by atoms with Gasteiger partial charge in [-0.3, -0.25) is 9.59 Å². The zero-order valence-electron chi connectivity index (χ0n) is 38.3. The summed E-state index contributed by atoms with van der Waals surface area (Å²) in [5.74, 6) is -5.75. The van der Waals surface area contributed by atoms with E-state index in [9.17, 15) is 24.9 Å². The summed E-state index contributed by atoms with van der Waals surface area (Å²) >= 11 is 0. The van der Waals surface area contributed by atoms with E-state index in [2.05, 4.69) is 20.8 Å². The fourth-order valence-electron chi connectivity index (χ4n) is 11.3. The van der Waals surface area contributed by atoms with Crippen molar-refractivity contribution in [3.05, 3.63) is 23.3 Å². The maximum Gasteiger partial charge on any atom is 0.310 e. The van der Waals surface area contributed by atoms with E-state index in [1.165, 1.54) is 6.08 Å². The van der Waals surface area contributed by atoms with Crippen molar-refractivity contribution in [3.63, 3.8) is 0 Å². The number of hydrogen-bond donors (Lipinski definition) is 3. The van der Waals surface area contributed by atoms with Crippen LogP contribution in [0.25, 0.3) is 0 Å². The molecule has 0 amide bonds. The van der Waals surface area contributed by atoms with Crippen molar-refractivity contribution in [2.24, 2.45) is 41.4 Å². The van der Waals surface area contributed by atoms with Crippen LogP contribution in [-0.2, 0) is 47.5 Å². The minimum Gasteiger partial charge on any atom is -0.481 e. The Morgan fingerprint density at radius 3 is 2.25 bits per heavy atom. The summed E-state index contributed by atoms with van der Waals surface area (Å²) in [6, 6.07) is 0. The molecule has 0 bridgehead atoms. The molecule has 6 aliphatic rings. The molecule has 6 fully saturated rings. The number of allylic oxidation sites excluding steroid dienone is 2. The van der Waals surface area contributed by atoms with Crippen LogP contribution in [0.3, 0.4) is 0 Å². The molecule has 0 radical (unpaired) electrons. The van der Waals surface area contributed by atoms with Crippen LogP contribution < -0.4 is 0 Å². The maximum absolute atomic E-state index is 13.2. The lowest BCUT2D eigenvalue weighted by Gasteiger charge is -2.52. The number of carbonyl (C=O) groups excluding carboxylic acids is 1. The molecule has 0 aromatic heterocycles. The van der Waals surface area contributed by atoms with Crippen LogP contribution in [0, 0.1) is 41.4 Å². The van der Waals surface area contributed by atoms with Crippen molar-refractivity contribution < 1.29 is 62.8 Å². The highest BCUT2D eigenvalue weighted by Gasteiger charge is 2.64. The van der Waals surface area contributed by atoms with Gasteiger partial charge >= 0.3 is 5.97 Å². The van der Waals surface area contributed by atoms with E-state index in [0.29, 0.717) is 49.9 Å². The van der Waals surface area contributed by atoms with Crippen LogP contribution in [0.5, 0.6) is 0 Å². The zero-order valence-corrected chi connectivity index (χ0v) is 38.3. The first kappa shape index (κ1) is 47.7. The minimum atomic E-state index is -1.26. The molecular formula is C47H76O13. The second kappa shape index (κ2) is 18.4. The summed E-state index contributed by atoms with van der Waals surface area (Å²) in [5.41, 5.74) is 0.109. The molecule has 6 aliphatic heterocycles. The molecule has 0 aromatic rings. The van der Waals surface area contributed by atoms with Gasteiger partial charge in [0.25, 0.3) is 0 Å². The quantitative estimate of drug-likeness (QED) is 0.170. The highest BCUT2D eigenvalue weighted by molar-refractivity contribution is 6.07. The van der Waals surface area contributed by atoms with Gasteiger partial charge in [-0.2, -0.15) is 0 Å². The summed E-state index contributed by atoms with van der Waals surface area (Å²) in [6.45, 7) is 21.5. The number of aliphatic carboxylic acids is 1. The third-order valence-corrected chi connectivity index (χ3v) is 15.3. The number of carbonyl (C=O) groups is 2. The number of carboxylic acids is 1. The number of Topliss-reactive ketones (excluding diaryl/α,β-unsaturated/α-hetero) is 1. The summed E-state index contributed by atoms with van der Waals surface area (Å²) < 4.78 is 53.4. The second-order valence-electron chi connectivity index (χ2n) is 20.2. The number of aliphatic hydroxyl groups excluding tert-OH is 1. The molecule has 0 aromatic carbocycles. The number of ether oxygens (including phenoxy) is 8. The van der Waals surface area contributed by atoms with E-state index in [1.54, 1.807) is 34.8 Å². The predicted molar refractivity (Wildman–Crippen MR) is 222 cm³/mol. The molecule has 0 saturated carbocycles.